The first kappa shape index (κ1) is 35.5. The molecule has 0 aliphatic heterocycles. The smallest absolute Gasteiger partial charge is 0.0973 e. The summed E-state index contributed by atoms with van der Waals surface area (Å²) in [4.78, 5) is 13.0. The largest absolute Gasteiger partial charge is 0.311 e. The molecule has 0 saturated heterocycles. The summed E-state index contributed by atoms with van der Waals surface area (Å²) in [6.45, 7) is 0. The molecular formula is C56H37N3S. The lowest BCUT2D eigenvalue weighted by Crippen LogP contribution is -2.09. The van der Waals surface area contributed by atoms with E-state index in [9.17, 15) is 0 Å². The molecule has 4 heteroatoms. The van der Waals surface area contributed by atoms with Gasteiger partial charge < -0.3 is 4.90 Å². The van der Waals surface area contributed by atoms with Gasteiger partial charge in [0.1, 0.15) is 0 Å². The Kier molecular flexibility index (Phi) is 9.03. The third kappa shape index (κ3) is 6.59. The normalized spacial score (nSPS) is 11.3. The third-order valence-corrected chi connectivity index (χ3v) is 12.4. The number of hydrogen-bond acceptors (Lipinski definition) is 4. The van der Waals surface area contributed by atoms with E-state index in [4.69, 9.17) is 9.97 Å². The molecule has 9 aromatic carbocycles. The number of rotatable bonds is 8. The first-order valence-electron chi connectivity index (χ1n) is 20.2. The van der Waals surface area contributed by atoms with E-state index in [2.05, 4.69) is 217 Å². The molecule has 11 rings (SSSR count). The Morgan fingerprint density at radius 1 is 0.317 bits per heavy atom. The van der Waals surface area contributed by atoms with Crippen molar-refractivity contribution in [3.05, 3.63) is 224 Å². The van der Waals surface area contributed by atoms with E-state index in [1.807, 2.05) is 23.5 Å². The molecule has 2 heterocycles. The summed E-state index contributed by atoms with van der Waals surface area (Å²) in [7, 11) is 0. The Hall–Kier alpha value is -7.66. The van der Waals surface area contributed by atoms with Crippen molar-refractivity contribution in [2.45, 2.75) is 0 Å². The van der Waals surface area contributed by atoms with Crippen molar-refractivity contribution in [1.29, 1.82) is 0 Å². The van der Waals surface area contributed by atoms with Crippen molar-refractivity contribution in [3.63, 3.8) is 0 Å². The molecular weight excluding hydrogens is 747 g/mol. The Balaban J connectivity index is 1.06. The molecule has 0 aliphatic rings. The SMILES string of the molecule is c1ccc(-c2ccc(N(c3ccccc3)c3ccc(-c4cc(-c5nc6ccccc6nc5-c5cccc(-c6ccccc6)c5)cc5sc6ccccc6c45)cc3)cc2)cc1. The molecule has 0 fully saturated rings. The predicted molar refractivity (Wildman–Crippen MR) is 254 cm³/mol. The summed E-state index contributed by atoms with van der Waals surface area (Å²) in [5.74, 6) is 0. The Bertz CT molecular complexity index is 3290. The van der Waals surface area contributed by atoms with Gasteiger partial charge in [-0.15, -0.1) is 11.3 Å². The lowest BCUT2D eigenvalue weighted by Gasteiger charge is -2.26. The van der Waals surface area contributed by atoms with Crippen LogP contribution in [0.15, 0.2) is 224 Å². The molecule has 0 amide bonds. The number of fused-ring (bicyclic) bond motifs is 4. The maximum absolute atomic E-state index is 5.39. The molecule has 0 aliphatic carbocycles. The Morgan fingerprint density at radius 3 is 1.47 bits per heavy atom. The molecule has 0 spiro atoms. The van der Waals surface area contributed by atoms with Crippen LogP contribution in [-0.2, 0) is 0 Å². The summed E-state index contributed by atoms with van der Waals surface area (Å²) >= 11 is 1.83. The van der Waals surface area contributed by atoms with Crippen LogP contribution in [0, 0.1) is 0 Å². The first-order valence-corrected chi connectivity index (χ1v) is 21.0. The molecule has 0 saturated carbocycles. The molecule has 282 valence electrons. The maximum Gasteiger partial charge on any atom is 0.0973 e. The topological polar surface area (TPSA) is 29.0 Å². The van der Waals surface area contributed by atoms with Gasteiger partial charge >= 0.3 is 0 Å². The summed E-state index contributed by atoms with van der Waals surface area (Å²) in [5, 5.41) is 2.51. The standard InChI is InChI=1S/C56H37N3S/c1-4-15-38(16-5-1)40-27-31-46(32-28-40)59(45-21-8-3-9-22-45)47-33-29-41(30-34-47)49-36-44(37-53-54(49)48-23-10-13-26-52(48)60-53)56-55(57-50-24-11-12-25-51(50)58-56)43-20-14-19-42(35-43)39-17-6-2-7-18-39/h1-37H. The van der Waals surface area contributed by atoms with E-state index < -0.39 is 0 Å². The minimum Gasteiger partial charge on any atom is -0.311 e. The minimum atomic E-state index is 0.866. The van der Waals surface area contributed by atoms with Crippen LogP contribution in [0.5, 0.6) is 0 Å². The highest BCUT2D eigenvalue weighted by molar-refractivity contribution is 7.26. The highest BCUT2D eigenvalue weighted by atomic mass is 32.1. The number of anilines is 3. The fourth-order valence-corrected chi connectivity index (χ4v) is 9.52. The van der Waals surface area contributed by atoms with Gasteiger partial charge in [-0.3, -0.25) is 0 Å². The molecule has 0 unspecified atom stereocenters. The highest BCUT2D eigenvalue weighted by Crippen LogP contribution is 2.45. The summed E-state index contributed by atoms with van der Waals surface area (Å²) in [5.41, 5.74) is 15.9. The number of para-hydroxylation sites is 3. The number of nitrogens with zero attached hydrogens (tertiary/aromatic N) is 3. The maximum atomic E-state index is 5.39. The third-order valence-electron chi connectivity index (χ3n) is 11.2. The highest BCUT2D eigenvalue weighted by Gasteiger charge is 2.20. The second-order valence-electron chi connectivity index (χ2n) is 15.0. The van der Waals surface area contributed by atoms with Crippen molar-refractivity contribution in [2.75, 3.05) is 4.90 Å². The molecule has 3 nitrogen and oxygen atoms in total. The zero-order chi connectivity index (χ0) is 39.8. The zero-order valence-corrected chi connectivity index (χ0v) is 33.4. The van der Waals surface area contributed by atoms with Crippen LogP contribution in [0.3, 0.4) is 0 Å². The number of hydrogen-bond donors (Lipinski definition) is 0. The molecule has 11 aromatic rings. The van der Waals surface area contributed by atoms with Gasteiger partial charge in [0.25, 0.3) is 0 Å². The second kappa shape index (κ2) is 15.3. The van der Waals surface area contributed by atoms with Crippen molar-refractivity contribution in [2.24, 2.45) is 0 Å². The summed E-state index contributed by atoms with van der Waals surface area (Å²) in [6, 6.07) is 79.8. The van der Waals surface area contributed by atoms with Gasteiger partial charge in [0.2, 0.25) is 0 Å². The van der Waals surface area contributed by atoms with E-state index in [-0.39, 0.29) is 0 Å². The van der Waals surface area contributed by atoms with E-state index in [1.165, 1.54) is 42.4 Å². The number of thiophene rings is 1. The molecule has 0 N–H and O–H groups in total. The van der Waals surface area contributed by atoms with Crippen LogP contribution in [0.25, 0.3) is 87.1 Å². The molecule has 0 radical (unpaired) electrons. The van der Waals surface area contributed by atoms with Crippen LogP contribution in [0.2, 0.25) is 0 Å². The summed E-state index contributed by atoms with van der Waals surface area (Å²) < 4.78 is 2.48. The quantitative estimate of drug-likeness (QED) is 0.154. The van der Waals surface area contributed by atoms with Crippen LogP contribution in [-0.4, -0.2) is 9.97 Å². The van der Waals surface area contributed by atoms with Gasteiger partial charge in [0, 0.05) is 48.4 Å². The Labute approximate surface area is 353 Å². The molecule has 0 atom stereocenters. The van der Waals surface area contributed by atoms with Crippen molar-refractivity contribution >= 4 is 59.6 Å². The van der Waals surface area contributed by atoms with Crippen molar-refractivity contribution in [1.82, 2.24) is 9.97 Å². The average molecular weight is 784 g/mol. The van der Waals surface area contributed by atoms with Crippen molar-refractivity contribution in [3.8, 4) is 55.9 Å². The summed E-state index contributed by atoms with van der Waals surface area (Å²) in [6.07, 6.45) is 0. The lowest BCUT2D eigenvalue weighted by molar-refractivity contribution is 1.28. The van der Waals surface area contributed by atoms with Gasteiger partial charge in [0.15, 0.2) is 0 Å². The van der Waals surface area contributed by atoms with E-state index in [1.54, 1.807) is 0 Å². The molecule has 0 bridgehead atoms. The lowest BCUT2D eigenvalue weighted by atomic mass is 9.94. The van der Waals surface area contributed by atoms with Gasteiger partial charge in [-0.1, -0.05) is 152 Å². The van der Waals surface area contributed by atoms with Gasteiger partial charge in [-0.25, -0.2) is 9.97 Å². The van der Waals surface area contributed by atoms with E-state index in [0.717, 1.165) is 61.7 Å². The predicted octanol–water partition coefficient (Wildman–Crippen LogP) is 15.8. The average Bonchev–Trinajstić information content (AvgIpc) is 3.71. The Morgan fingerprint density at radius 2 is 0.800 bits per heavy atom. The zero-order valence-electron chi connectivity index (χ0n) is 32.6. The number of aromatic nitrogens is 2. The minimum absolute atomic E-state index is 0.866. The fourth-order valence-electron chi connectivity index (χ4n) is 8.35. The van der Waals surface area contributed by atoms with E-state index >= 15 is 0 Å². The van der Waals surface area contributed by atoms with Gasteiger partial charge in [-0.2, -0.15) is 0 Å². The molecule has 60 heavy (non-hydrogen) atoms. The van der Waals surface area contributed by atoms with Crippen LogP contribution < -0.4 is 4.90 Å². The first-order chi connectivity index (χ1) is 29.7. The van der Waals surface area contributed by atoms with Gasteiger partial charge in [-0.05, 0) is 106 Å². The van der Waals surface area contributed by atoms with Crippen LogP contribution in [0.4, 0.5) is 17.1 Å². The number of benzene rings is 9. The van der Waals surface area contributed by atoms with Crippen LogP contribution >= 0.6 is 11.3 Å². The monoisotopic (exact) mass is 783 g/mol. The second-order valence-corrected chi connectivity index (χ2v) is 16.1. The van der Waals surface area contributed by atoms with E-state index in [0.29, 0.717) is 0 Å². The van der Waals surface area contributed by atoms with Crippen LogP contribution in [0.1, 0.15) is 0 Å². The van der Waals surface area contributed by atoms with Gasteiger partial charge in [0.05, 0.1) is 22.4 Å². The fraction of sp³-hybridized carbons (Fsp3) is 0. The molecule has 2 aromatic heterocycles. The van der Waals surface area contributed by atoms with Crippen molar-refractivity contribution < 1.29 is 0 Å².